The summed E-state index contributed by atoms with van der Waals surface area (Å²) in [6, 6.07) is 10.6. The third-order valence-corrected chi connectivity index (χ3v) is 7.98. The Kier molecular flexibility index (Phi) is 7.79. The SMILES string of the molecule is CC[C@@H](Oc1ccc(C(=O)NS(=O)(=O)N2CC3=C(CN(C)C3)C2)c(F)c1F)c1ccc(Oc2ccccn2)cn1. The zero-order valence-electron chi connectivity index (χ0n) is 21.8. The smallest absolute Gasteiger partial charge is 0.304 e. The highest BCUT2D eigenvalue weighted by Crippen LogP contribution is 2.30. The van der Waals surface area contributed by atoms with Gasteiger partial charge in [0.2, 0.25) is 11.7 Å². The number of carbonyl (C=O) groups is 1. The lowest BCUT2D eigenvalue weighted by Gasteiger charge is -2.21. The number of halogens is 2. The molecule has 4 heterocycles. The maximum absolute atomic E-state index is 15.0. The molecule has 0 fully saturated rings. The summed E-state index contributed by atoms with van der Waals surface area (Å²) in [6.07, 6.45) is 2.69. The Morgan fingerprint density at radius 1 is 1.02 bits per heavy atom. The van der Waals surface area contributed by atoms with E-state index in [0.717, 1.165) is 27.6 Å². The molecule has 0 radical (unpaired) electrons. The molecule has 1 aromatic carbocycles. The number of ether oxygens (including phenoxy) is 2. The van der Waals surface area contributed by atoms with Crippen LogP contribution in [0.1, 0.15) is 35.5 Å². The summed E-state index contributed by atoms with van der Waals surface area (Å²) in [7, 11) is -2.33. The van der Waals surface area contributed by atoms with E-state index >= 15 is 0 Å². The Balaban J connectivity index is 1.25. The van der Waals surface area contributed by atoms with Crippen molar-refractivity contribution in [1.29, 1.82) is 0 Å². The Morgan fingerprint density at radius 2 is 1.77 bits per heavy atom. The van der Waals surface area contributed by atoms with Crippen LogP contribution in [0.15, 0.2) is 66.0 Å². The highest BCUT2D eigenvalue weighted by Gasteiger charge is 2.36. The fraction of sp³-hybridized carbons (Fsp3) is 0.296. The van der Waals surface area contributed by atoms with Crippen molar-refractivity contribution in [3.8, 4) is 17.4 Å². The summed E-state index contributed by atoms with van der Waals surface area (Å²) < 4.78 is 69.7. The minimum Gasteiger partial charge on any atom is -0.481 e. The van der Waals surface area contributed by atoms with Gasteiger partial charge in [0.05, 0.1) is 17.5 Å². The second-order valence-corrected chi connectivity index (χ2v) is 11.2. The van der Waals surface area contributed by atoms with Gasteiger partial charge in [0.25, 0.3) is 5.91 Å². The van der Waals surface area contributed by atoms with Gasteiger partial charge in [0, 0.05) is 38.4 Å². The normalized spacial score (nSPS) is 16.6. The minimum absolute atomic E-state index is 0.147. The van der Waals surface area contributed by atoms with Crippen LogP contribution in [0, 0.1) is 11.6 Å². The molecule has 1 amide bonds. The molecule has 0 spiro atoms. The van der Waals surface area contributed by atoms with Crippen LogP contribution in [-0.2, 0) is 10.2 Å². The summed E-state index contributed by atoms with van der Waals surface area (Å²) >= 11 is 0. The van der Waals surface area contributed by atoms with Crippen LogP contribution in [0.4, 0.5) is 8.78 Å². The molecule has 0 saturated heterocycles. The Morgan fingerprint density at radius 3 is 2.40 bits per heavy atom. The van der Waals surface area contributed by atoms with Crippen LogP contribution in [0.3, 0.4) is 0 Å². The zero-order chi connectivity index (χ0) is 28.4. The standard InChI is InChI=1S/C27H27F2N5O5S/c1-3-22(21-9-7-19(12-31-21)38-24-6-4-5-11-30-24)39-23-10-8-20(25(28)26(23)29)27(35)32-40(36,37)34-15-17-13-33(2)14-18(17)16-34/h4-12,22H,3,13-16H2,1-2H3,(H,32,35)/t22-/m1/s1. The molecule has 2 aliphatic heterocycles. The lowest BCUT2D eigenvalue weighted by atomic mass is 10.1. The first-order valence-electron chi connectivity index (χ1n) is 12.5. The maximum Gasteiger partial charge on any atom is 0.304 e. The van der Waals surface area contributed by atoms with Crippen molar-refractivity contribution >= 4 is 16.1 Å². The van der Waals surface area contributed by atoms with E-state index in [0.29, 0.717) is 36.8 Å². The van der Waals surface area contributed by atoms with Crippen LogP contribution in [0.25, 0.3) is 0 Å². The van der Waals surface area contributed by atoms with E-state index in [-0.39, 0.29) is 13.1 Å². The Hall–Kier alpha value is -3.94. The molecule has 0 bridgehead atoms. The quantitative estimate of drug-likeness (QED) is 0.388. The molecule has 0 aliphatic carbocycles. The molecule has 0 unspecified atom stereocenters. The number of carbonyl (C=O) groups excluding carboxylic acids is 1. The summed E-state index contributed by atoms with van der Waals surface area (Å²) in [5.74, 6) is -3.82. The first-order valence-corrected chi connectivity index (χ1v) is 14.0. The average Bonchev–Trinajstić information content (AvgIpc) is 3.49. The van der Waals surface area contributed by atoms with Gasteiger partial charge >= 0.3 is 10.2 Å². The lowest BCUT2D eigenvalue weighted by Crippen LogP contribution is -2.44. The molecule has 1 N–H and O–H groups in total. The molecule has 3 aromatic rings. The van der Waals surface area contributed by atoms with Crippen molar-refractivity contribution in [2.45, 2.75) is 19.4 Å². The van der Waals surface area contributed by atoms with Gasteiger partial charge in [0.1, 0.15) is 11.9 Å². The third kappa shape index (κ3) is 5.81. The van der Waals surface area contributed by atoms with Crippen molar-refractivity contribution in [3.63, 3.8) is 0 Å². The molecule has 13 heteroatoms. The topological polar surface area (TPSA) is 114 Å². The van der Waals surface area contributed by atoms with Crippen LogP contribution < -0.4 is 14.2 Å². The Labute approximate surface area is 230 Å². The molecule has 210 valence electrons. The monoisotopic (exact) mass is 571 g/mol. The van der Waals surface area contributed by atoms with E-state index in [1.165, 1.54) is 6.20 Å². The van der Waals surface area contributed by atoms with Gasteiger partial charge in [-0.25, -0.2) is 14.1 Å². The number of hydrogen-bond acceptors (Lipinski definition) is 8. The van der Waals surface area contributed by atoms with E-state index in [1.807, 2.05) is 11.8 Å². The molecule has 40 heavy (non-hydrogen) atoms. The van der Waals surface area contributed by atoms with Gasteiger partial charge in [-0.1, -0.05) is 13.0 Å². The van der Waals surface area contributed by atoms with Gasteiger partial charge in [-0.3, -0.25) is 14.7 Å². The van der Waals surface area contributed by atoms with Crippen molar-refractivity contribution in [2.24, 2.45) is 0 Å². The predicted octanol–water partition coefficient (Wildman–Crippen LogP) is 3.61. The van der Waals surface area contributed by atoms with Crippen molar-refractivity contribution in [3.05, 3.63) is 88.9 Å². The number of amides is 1. The fourth-order valence-corrected chi connectivity index (χ4v) is 5.74. The highest BCUT2D eigenvalue weighted by atomic mass is 32.2. The Bertz CT molecular complexity index is 1530. The first-order chi connectivity index (χ1) is 19.1. The van der Waals surface area contributed by atoms with Crippen LogP contribution in [0.5, 0.6) is 17.4 Å². The third-order valence-electron chi connectivity index (χ3n) is 6.60. The van der Waals surface area contributed by atoms with Gasteiger partial charge in [-0.15, -0.1) is 0 Å². The molecule has 5 rings (SSSR count). The van der Waals surface area contributed by atoms with E-state index in [2.05, 4.69) is 14.9 Å². The van der Waals surface area contributed by atoms with Gasteiger partial charge in [0.15, 0.2) is 11.6 Å². The van der Waals surface area contributed by atoms with Crippen molar-refractivity contribution in [2.75, 3.05) is 33.2 Å². The predicted molar refractivity (Wildman–Crippen MR) is 141 cm³/mol. The zero-order valence-corrected chi connectivity index (χ0v) is 22.6. The summed E-state index contributed by atoms with van der Waals surface area (Å²) in [5.41, 5.74) is 1.65. The molecule has 2 aromatic heterocycles. The van der Waals surface area contributed by atoms with E-state index in [1.54, 1.807) is 43.5 Å². The highest BCUT2D eigenvalue weighted by molar-refractivity contribution is 7.87. The van der Waals surface area contributed by atoms with E-state index < -0.39 is 45.2 Å². The second kappa shape index (κ2) is 11.3. The van der Waals surface area contributed by atoms with Gasteiger partial charge < -0.3 is 9.47 Å². The van der Waals surface area contributed by atoms with Crippen molar-refractivity contribution < 1.29 is 31.5 Å². The number of nitrogens with one attached hydrogen (secondary N) is 1. The average molecular weight is 572 g/mol. The largest absolute Gasteiger partial charge is 0.481 e. The molecular formula is C27H27F2N5O5S. The van der Waals surface area contributed by atoms with Crippen LogP contribution >= 0.6 is 0 Å². The summed E-state index contributed by atoms with van der Waals surface area (Å²) in [6.45, 7) is 3.37. The number of rotatable bonds is 9. The molecule has 2 aliphatic rings. The molecule has 0 saturated carbocycles. The maximum atomic E-state index is 15.0. The summed E-state index contributed by atoms with van der Waals surface area (Å²) in [5, 5.41) is 0. The first kappa shape index (κ1) is 27.6. The van der Waals surface area contributed by atoms with Crippen LogP contribution in [0.2, 0.25) is 0 Å². The summed E-state index contributed by atoms with van der Waals surface area (Å²) in [4.78, 5) is 23.1. The molecular weight excluding hydrogens is 544 g/mol. The minimum atomic E-state index is -4.26. The molecule has 1 atom stereocenters. The lowest BCUT2D eigenvalue weighted by molar-refractivity contribution is 0.0974. The molecule has 10 nitrogen and oxygen atoms in total. The number of likely N-dealkylation sites (N-methyl/N-ethyl adjacent to an activating group) is 1. The van der Waals surface area contributed by atoms with Crippen molar-refractivity contribution in [1.82, 2.24) is 23.9 Å². The number of pyridine rings is 2. The van der Waals surface area contributed by atoms with E-state index in [9.17, 15) is 22.0 Å². The second-order valence-electron chi connectivity index (χ2n) is 9.53. The fourth-order valence-electron chi connectivity index (χ4n) is 4.62. The van der Waals surface area contributed by atoms with Gasteiger partial charge in [-0.2, -0.15) is 17.1 Å². The number of hydrogen-bond donors (Lipinski definition) is 1. The number of aromatic nitrogens is 2. The number of benzene rings is 1. The van der Waals surface area contributed by atoms with Crippen LogP contribution in [-0.4, -0.2) is 66.7 Å². The van der Waals surface area contributed by atoms with Gasteiger partial charge in [-0.05, 0) is 54.9 Å². The van der Waals surface area contributed by atoms with E-state index in [4.69, 9.17) is 9.47 Å². The number of nitrogens with zero attached hydrogens (tertiary/aromatic N) is 4.